The van der Waals surface area contributed by atoms with Gasteiger partial charge < -0.3 is 14.2 Å². The SMILES string of the molecule is O=S(=O)(CCCOc1ccc2c(c1)OCO2)NC1CCCCC1. The summed E-state index contributed by atoms with van der Waals surface area (Å²) in [6.45, 7) is 0.578. The van der Waals surface area contributed by atoms with Crippen molar-refractivity contribution in [3.8, 4) is 17.2 Å². The number of fused-ring (bicyclic) bond motifs is 1. The van der Waals surface area contributed by atoms with E-state index in [1.165, 1.54) is 6.42 Å². The topological polar surface area (TPSA) is 73.9 Å². The molecule has 0 amide bonds. The molecule has 0 spiro atoms. The molecule has 3 rings (SSSR count). The van der Waals surface area contributed by atoms with Crippen molar-refractivity contribution < 1.29 is 22.6 Å². The molecule has 1 aliphatic carbocycles. The molecule has 1 saturated carbocycles. The maximum Gasteiger partial charge on any atom is 0.231 e. The van der Waals surface area contributed by atoms with Crippen LogP contribution in [0.1, 0.15) is 38.5 Å². The van der Waals surface area contributed by atoms with E-state index in [0.29, 0.717) is 30.3 Å². The van der Waals surface area contributed by atoms with Crippen molar-refractivity contribution >= 4 is 10.0 Å². The molecule has 1 fully saturated rings. The van der Waals surface area contributed by atoms with Gasteiger partial charge in [0.1, 0.15) is 5.75 Å². The summed E-state index contributed by atoms with van der Waals surface area (Å²) in [5.41, 5.74) is 0. The van der Waals surface area contributed by atoms with E-state index in [-0.39, 0.29) is 18.6 Å². The third-order valence-corrected chi connectivity index (χ3v) is 5.64. The van der Waals surface area contributed by atoms with Crippen molar-refractivity contribution in [2.45, 2.75) is 44.6 Å². The number of ether oxygens (including phenoxy) is 3. The largest absolute Gasteiger partial charge is 0.493 e. The maximum atomic E-state index is 12.1. The standard InChI is InChI=1S/C16H23NO5S/c18-23(19,17-13-5-2-1-3-6-13)10-4-9-20-14-7-8-15-16(11-14)22-12-21-15/h7-8,11,13,17H,1-6,9-10,12H2. The zero-order valence-corrected chi connectivity index (χ0v) is 13.9. The summed E-state index contributed by atoms with van der Waals surface area (Å²) in [7, 11) is -3.22. The third kappa shape index (κ3) is 4.75. The first-order chi connectivity index (χ1) is 11.1. The molecule has 1 aromatic carbocycles. The lowest BCUT2D eigenvalue weighted by Crippen LogP contribution is -2.37. The first-order valence-electron chi connectivity index (χ1n) is 8.15. The molecule has 0 saturated heterocycles. The van der Waals surface area contributed by atoms with Crippen molar-refractivity contribution in [3.05, 3.63) is 18.2 Å². The Hall–Kier alpha value is -1.47. The summed E-state index contributed by atoms with van der Waals surface area (Å²) in [6.07, 6.45) is 5.79. The summed E-state index contributed by atoms with van der Waals surface area (Å²) in [5.74, 6) is 2.12. The van der Waals surface area contributed by atoms with Crippen molar-refractivity contribution in [3.63, 3.8) is 0 Å². The van der Waals surface area contributed by atoms with Crippen molar-refractivity contribution in [2.75, 3.05) is 19.2 Å². The van der Waals surface area contributed by atoms with Crippen LogP contribution in [-0.2, 0) is 10.0 Å². The molecular weight excluding hydrogens is 318 g/mol. The second kappa shape index (κ2) is 7.40. The highest BCUT2D eigenvalue weighted by Gasteiger charge is 2.20. The van der Waals surface area contributed by atoms with Gasteiger partial charge >= 0.3 is 0 Å². The lowest BCUT2D eigenvalue weighted by Gasteiger charge is -2.22. The number of nitrogens with one attached hydrogen (secondary N) is 1. The van der Waals surface area contributed by atoms with Crippen LogP contribution in [0.2, 0.25) is 0 Å². The van der Waals surface area contributed by atoms with Gasteiger partial charge in [0.15, 0.2) is 11.5 Å². The zero-order chi connectivity index (χ0) is 16.1. The highest BCUT2D eigenvalue weighted by Crippen LogP contribution is 2.35. The smallest absolute Gasteiger partial charge is 0.231 e. The fourth-order valence-corrected chi connectivity index (χ4v) is 4.30. The van der Waals surface area contributed by atoms with Gasteiger partial charge in [0.2, 0.25) is 16.8 Å². The van der Waals surface area contributed by atoms with Crippen LogP contribution in [0.4, 0.5) is 0 Å². The predicted octanol–water partition coefficient (Wildman–Crippen LogP) is 2.44. The van der Waals surface area contributed by atoms with Crippen molar-refractivity contribution in [1.29, 1.82) is 0 Å². The molecule has 0 aromatic heterocycles. The molecule has 1 N–H and O–H groups in total. The minimum absolute atomic E-state index is 0.0913. The average Bonchev–Trinajstić information content (AvgIpc) is 3.00. The Kier molecular flexibility index (Phi) is 5.27. The van der Waals surface area contributed by atoms with Gasteiger partial charge in [0.05, 0.1) is 12.4 Å². The molecule has 1 aliphatic heterocycles. The van der Waals surface area contributed by atoms with E-state index in [4.69, 9.17) is 14.2 Å². The van der Waals surface area contributed by atoms with Crippen molar-refractivity contribution in [2.24, 2.45) is 0 Å². The molecule has 7 heteroatoms. The van der Waals surface area contributed by atoms with Gasteiger partial charge in [-0.05, 0) is 31.4 Å². The van der Waals surface area contributed by atoms with Crippen LogP contribution >= 0.6 is 0 Å². The Morgan fingerprint density at radius 1 is 1.13 bits per heavy atom. The number of hydrogen-bond acceptors (Lipinski definition) is 5. The summed E-state index contributed by atoms with van der Waals surface area (Å²) >= 11 is 0. The molecule has 1 heterocycles. The molecule has 128 valence electrons. The summed E-state index contributed by atoms with van der Waals surface area (Å²) in [5, 5.41) is 0. The normalized spacial score (nSPS) is 18.1. The number of rotatable bonds is 7. The van der Waals surface area contributed by atoms with Gasteiger partial charge in [-0.2, -0.15) is 0 Å². The van der Waals surface area contributed by atoms with Crippen LogP contribution in [0.25, 0.3) is 0 Å². The van der Waals surface area contributed by atoms with Gasteiger partial charge in [-0.25, -0.2) is 13.1 Å². The Morgan fingerprint density at radius 2 is 1.91 bits per heavy atom. The highest BCUT2D eigenvalue weighted by molar-refractivity contribution is 7.89. The Balaban J connectivity index is 1.40. The summed E-state index contributed by atoms with van der Waals surface area (Å²) in [6, 6.07) is 5.46. The van der Waals surface area contributed by atoms with E-state index in [0.717, 1.165) is 25.7 Å². The summed E-state index contributed by atoms with van der Waals surface area (Å²) < 4.78 is 43.0. The first kappa shape index (κ1) is 16.4. The third-order valence-electron chi connectivity index (χ3n) is 4.12. The highest BCUT2D eigenvalue weighted by atomic mass is 32.2. The lowest BCUT2D eigenvalue weighted by molar-refractivity contribution is 0.173. The van der Waals surface area contributed by atoms with Gasteiger partial charge in [-0.3, -0.25) is 0 Å². The van der Waals surface area contributed by atoms with E-state index in [1.54, 1.807) is 18.2 Å². The minimum Gasteiger partial charge on any atom is -0.493 e. The molecule has 0 radical (unpaired) electrons. The van der Waals surface area contributed by atoms with Gasteiger partial charge in [0.25, 0.3) is 0 Å². The minimum atomic E-state index is -3.22. The van der Waals surface area contributed by atoms with Crippen LogP contribution in [-0.4, -0.2) is 33.6 Å². The van der Waals surface area contributed by atoms with E-state index >= 15 is 0 Å². The fourth-order valence-electron chi connectivity index (χ4n) is 2.94. The fraction of sp³-hybridized carbons (Fsp3) is 0.625. The average molecular weight is 341 g/mol. The monoisotopic (exact) mass is 341 g/mol. The second-order valence-corrected chi connectivity index (χ2v) is 7.86. The number of sulfonamides is 1. The predicted molar refractivity (Wildman–Crippen MR) is 86.5 cm³/mol. The van der Waals surface area contributed by atoms with Crippen LogP contribution < -0.4 is 18.9 Å². The number of hydrogen-bond donors (Lipinski definition) is 1. The Bertz CT molecular complexity index is 625. The Morgan fingerprint density at radius 3 is 2.74 bits per heavy atom. The van der Waals surface area contributed by atoms with E-state index in [1.807, 2.05) is 0 Å². The molecule has 2 aliphatic rings. The number of benzene rings is 1. The first-order valence-corrected chi connectivity index (χ1v) is 9.80. The second-order valence-electron chi connectivity index (χ2n) is 5.99. The van der Waals surface area contributed by atoms with Crippen molar-refractivity contribution in [1.82, 2.24) is 4.72 Å². The van der Waals surface area contributed by atoms with Crippen LogP contribution in [0.15, 0.2) is 18.2 Å². The van der Waals surface area contributed by atoms with Gasteiger partial charge in [0, 0.05) is 12.1 Å². The molecule has 0 bridgehead atoms. The van der Waals surface area contributed by atoms with E-state index < -0.39 is 10.0 Å². The summed E-state index contributed by atoms with van der Waals surface area (Å²) in [4.78, 5) is 0. The van der Waals surface area contributed by atoms with Gasteiger partial charge in [-0.15, -0.1) is 0 Å². The zero-order valence-electron chi connectivity index (χ0n) is 13.1. The van der Waals surface area contributed by atoms with E-state index in [9.17, 15) is 8.42 Å². The quantitative estimate of drug-likeness (QED) is 0.771. The molecule has 1 aromatic rings. The molecule has 0 unspecified atom stereocenters. The lowest BCUT2D eigenvalue weighted by atomic mass is 9.96. The van der Waals surface area contributed by atoms with Crippen LogP contribution in [0.3, 0.4) is 0 Å². The van der Waals surface area contributed by atoms with Gasteiger partial charge in [-0.1, -0.05) is 19.3 Å². The molecular formula is C16H23NO5S. The molecule has 6 nitrogen and oxygen atoms in total. The Labute approximate surface area is 137 Å². The molecule has 0 atom stereocenters. The molecule has 23 heavy (non-hydrogen) atoms. The van der Waals surface area contributed by atoms with Crippen LogP contribution in [0.5, 0.6) is 17.2 Å². The van der Waals surface area contributed by atoms with Crippen LogP contribution in [0, 0.1) is 0 Å². The maximum absolute atomic E-state index is 12.1. The van der Waals surface area contributed by atoms with E-state index in [2.05, 4.69) is 4.72 Å².